The van der Waals surface area contributed by atoms with Crippen molar-refractivity contribution in [2.75, 3.05) is 13.7 Å². The van der Waals surface area contributed by atoms with Crippen LogP contribution in [0.5, 0.6) is 5.75 Å². The molecule has 0 fully saturated rings. The number of carbonyl (C=O) groups is 1. The first-order valence-electron chi connectivity index (χ1n) is 9.36. The number of thiophene rings is 1. The molecule has 1 N–H and O–H groups in total. The smallest absolute Gasteiger partial charge is 0.291 e. The average molecular weight is 410 g/mol. The molecule has 29 heavy (non-hydrogen) atoms. The van der Waals surface area contributed by atoms with Crippen molar-refractivity contribution in [3.8, 4) is 5.75 Å². The van der Waals surface area contributed by atoms with E-state index in [1.165, 1.54) is 9.56 Å². The maximum atomic E-state index is 12.8. The quantitative estimate of drug-likeness (QED) is 0.530. The molecule has 0 saturated carbocycles. The number of aromatic nitrogens is 3. The molecule has 3 aromatic heterocycles. The lowest BCUT2D eigenvalue weighted by molar-refractivity contribution is -0.121. The summed E-state index contributed by atoms with van der Waals surface area (Å²) in [6.07, 6.45) is 0.643. The molecule has 0 unspecified atom stereocenters. The zero-order valence-corrected chi connectivity index (χ0v) is 17.4. The molecule has 4 aromatic rings. The molecule has 0 saturated heterocycles. The maximum Gasteiger partial charge on any atom is 0.291 e. The van der Waals surface area contributed by atoms with Crippen LogP contribution >= 0.6 is 11.3 Å². The molecule has 3 heterocycles. The summed E-state index contributed by atoms with van der Waals surface area (Å²) in [5.41, 5.74) is 2.28. The van der Waals surface area contributed by atoms with Crippen LogP contribution in [0.1, 0.15) is 16.3 Å². The van der Waals surface area contributed by atoms with Crippen LogP contribution in [0.25, 0.3) is 15.7 Å². The van der Waals surface area contributed by atoms with E-state index in [1.807, 2.05) is 48.6 Å². The molecule has 150 valence electrons. The van der Waals surface area contributed by atoms with Gasteiger partial charge in [0, 0.05) is 11.4 Å². The number of rotatable bonds is 6. The van der Waals surface area contributed by atoms with Crippen LogP contribution in [0.15, 0.2) is 41.2 Å². The lowest BCUT2D eigenvalue weighted by Crippen LogP contribution is -2.35. The molecular weight excluding hydrogens is 388 g/mol. The fraction of sp³-hybridized carbons (Fsp3) is 0.286. The summed E-state index contributed by atoms with van der Waals surface area (Å²) in [6.45, 7) is 4.22. The predicted octanol–water partition coefficient (Wildman–Crippen LogP) is 2.70. The summed E-state index contributed by atoms with van der Waals surface area (Å²) in [6, 6.07) is 11.6. The van der Waals surface area contributed by atoms with Gasteiger partial charge in [0.1, 0.15) is 23.6 Å². The molecule has 0 spiro atoms. The number of ether oxygens (including phenoxy) is 1. The molecule has 8 heteroatoms. The Kier molecular flexibility index (Phi) is 5.10. The van der Waals surface area contributed by atoms with E-state index in [-0.39, 0.29) is 18.0 Å². The fourth-order valence-electron chi connectivity index (χ4n) is 3.56. The van der Waals surface area contributed by atoms with Gasteiger partial charge in [-0.1, -0.05) is 18.2 Å². The Morgan fingerprint density at radius 3 is 2.79 bits per heavy atom. The summed E-state index contributed by atoms with van der Waals surface area (Å²) in [5, 5.41) is 7.21. The van der Waals surface area contributed by atoms with Gasteiger partial charge in [0.2, 0.25) is 5.91 Å². The van der Waals surface area contributed by atoms with Gasteiger partial charge in [-0.2, -0.15) is 5.10 Å². The van der Waals surface area contributed by atoms with Gasteiger partial charge in [-0.25, -0.2) is 4.68 Å². The van der Waals surface area contributed by atoms with E-state index < -0.39 is 0 Å². The van der Waals surface area contributed by atoms with E-state index in [2.05, 4.69) is 16.5 Å². The van der Waals surface area contributed by atoms with Crippen molar-refractivity contribution < 1.29 is 9.53 Å². The number of aryl methyl sites for hydroxylation is 2. The summed E-state index contributed by atoms with van der Waals surface area (Å²) in [4.78, 5) is 26.4. The van der Waals surface area contributed by atoms with Gasteiger partial charge >= 0.3 is 0 Å². The van der Waals surface area contributed by atoms with Crippen LogP contribution in [0.3, 0.4) is 0 Å². The van der Waals surface area contributed by atoms with E-state index in [0.29, 0.717) is 24.3 Å². The number of benzene rings is 1. The molecule has 0 atom stereocenters. The highest BCUT2D eigenvalue weighted by Crippen LogP contribution is 2.27. The molecule has 7 nitrogen and oxygen atoms in total. The van der Waals surface area contributed by atoms with Gasteiger partial charge in [-0.3, -0.25) is 14.0 Å². The molecule has 1 aromatic carbocycles. The SMILES string of the molecule is COc1ccccc1CCNC(=O)Cn1nc(C)n2c(cc3sc(C)cc32)c1=O. The van der Waals surface area contributed by atoms with E-state index in [0.717, 1.165) is 21.5 Å². The fourth-order valence-corrected chi connectivity index (χ4v) is 4.51. The molecule has 1 amide bonds. The minimum atomic E-state index is -0.267. The molecule has 4 rings (SSSR count). The van der Waals surface area contributed by atoms with Crippen molar-refractivity contribution in [3.63, 3.8) is 0 Å². The van der Waals surface area contributed by atoms with E-state index >= 15 is 0 Å². The van der Waals surface area contributed by atoms with Gasteiger partial charge in [-0.15, -0.1) is 11.3 Å². The largest absolute Gasteiger partial charge is 0.496 e. The van der Waals surface area contributed by atoms with Crippen LogP contribution < -0.4 is 15.6 Å². The number of nitrogens with zero attached hydrogens (tertiary/aromatic N) is 3. The van der Waals surface area contributed by atoms with Crippen molar-refractivity contribution in [2.45, 2.75) is 26.8 Å². The maximum absolute atomic E-state index is 12.8. The number of carbonyl (C=O) groups excluding carboxylic acids is 1. The van der Waals surface area contributed by atoms with Crippen LogP contribution in [0, 0.1) is 13.8 Å². The van der Waals surface area contributed by atoms with Crippen molar-refractivity contribution >= 4 is 33.0 Å². The minimum Gasteiger partial charge on any atom is -0.496 e. The van der Waals surface area contributed by atoms with Crippen LogP contribution in [0.2, 0.25) is 0 Å². The van der Waals surface area contributed by atoms with Gasteiger partial charge in [0.05, 0.1) is 17.3 Å². The third kappa shape index (κ3) is 3.63. The lowest BCUT2D eigenvalue weighted by Gasteiger charge is -2.10. The standard InChI is InChI=1S/C21H22N4O3S/c1-13-10-16-19(29-13)11-17-21(27)24(23-14(2)25(16)17)12-20(26)22-9-8-15-6-4-5-7-18(15)28-3/h4-7,10-11H,8-9,12H2,1-3H3,(H,22,26). The number of methoxy groups -OCH3 is 1. The number of fused-ring (bicyclic) bond motifs is 3. The molecule has 0 bridgehead atoms. The Morgan fingerprint density at radius 1 is 1.21 bits per heavy atom. The van der Waals surface area contributed by atoms with Crippen LogP contribution in [-0.2, 0) is 17.8 Å². The minimum absolute atomic E-state index is 0.111. The zero-order chi connectivity index (χ0) is 20.5. The van der Waals surface area contributed by atoms with Gasteiger partial charge < -0.3 is 10.1 Å². The third-order valence-electron chi connectivity index (χ3n) is 4.86. The topological polar surface area (TPSA) is 77.6 Å². The number of amides is 1. The average Bonchev–Trinajstić information content (AvgIpc) is 3.22. The second-order valence-electron chi connectivity index (χ2n) is 6.89. The molecular formula is C21H22N4O3S. The Morgan fingerprint density at radius 2 is 2.00 bits per heavy atom. The molecule has 0 aliphatic rings. The van der Waals surface area contributed by atoms with Crippen LogP contribution in [-0.4, -0.2) is 33.7 Å². The van der Waals surface area contributed by atoms with Crippen molar-refractivity contribution in [1.82, 2.24) is 19.5 Å². The Bertz CT molecular complexity index is 1270. The Hall–Kier alpha value is -3.13. The number of nitrogens with one attached hydrogen (secondary N) is 1. The molecule has 0 radical (unpaired) electrons. The predicted molar refractivity (Wildman–Crippen MR) is 114 cm³/mol. The summed E-state index contributed by atoms with van der Waals surface area (Å²) < 4.78 is 9.46. The summed E-state index contributed by atoms with van der Waals surface area (Å²) in [7, 11) is 1.63. The Labute approximate surface area is 171 Å². The number of hydrogen-bond donors (Lipinski definition) is 1. The zero-order valence-electron chi connectivity index (χ0n) is 16.6. The monoisotopic (exact) mass is 410 g/mol. The first-order valence-corrected chi connectivity index (χ1v) is 10.2. The van der Waals surface area contributed by atoms with E-state index in [9.17, 15) is 9.59 Å². The second kappa shape index (κ2) is 7.71. The summed E-state index contributed by atoms with van der Waals surface area (Å²) in [5.74, 6) is 1.22. The normalized spacial score (nSPS) is 11.3. The van der Waals surface area contributed by atoms with E-state index in [1.54, 1.807) is 18.4 Å². The van der Waals surface area contributed by atoms with Crippen molar-refractivity contribution in [2.24, 2.45) is 0 Å². The molecule has 0 aliphatic carbocycles. The summed E-state index contributed by atoms with van der Waals surface area (Å²) >= 11 is 1.64. The first kappa shape index (κ1) is 19.2. The van der Waals surface area contributed by atoms with Crippen molar-refractivity contribution in [3.05, 3.63) is 63.0 Å². The number of hydrogen-bond acceptors (Lipinski definition) is 5. The lowest BCUT2D eigenvalue weighted by atomic mass is 10.1. The number of para-hydroxylation sites is 1. The van der Waals surface area contributed by atoms with Gasteiger partial charge in [-0.05, 0) is 44.0 Å². The first-order chi connectivity index (χ1) is 14.0. The van der Waals surface area contributed by atoms with Gasteiger partial charge in [0.25, 0.3) is 5.56 Å². The second-order valence-corrected chi connectivity index (χ2v) is 8.18. The van der Waals surface area contributed by atoms with Crippen LogP contribution in [0.4, 0.5) is 0 Å². The highest BCUT2D eigenvalue weighted by Gasteiger charge is 2.15. The highest BCUT2D eigenvalue weighted by atomic mass is 32.1. The molecule has 0 aliphatic heterocycles. The van der Waals surface area contributed by atoms with Crippen molar-refractivity contribution in [1.29, 1.82) is 0 Å². The highest BCUT2D eigenvalue weighted by molar-refractivity contribution is 7.19. The Balaban J connectivity index is 1.49. The van der Waals surface area contributed by atoms with Gasteiger partial charge in [0.15, 0.2) is 0 Å². The third-order valence-corrected chi connectivity index (χ3v) is 5.84. The van der Waals surface area contributed by atoms with E-state index in [4.69, 9.17) is 4.74 Å².